The smallest absolute Gasteiger partial charge is 0.222 e. The highest BCUT2D eigenvalue weighted by Gasteiger charge is 2.22. The summed E-state index contributed by atoms with van der Waals surface area (Å²) >= 11 is 0. The van der Waals surface area contributed by atoms with Gasteiger partial charge in [0.15, 0.2) is 0 Å². The molecule has 1 amide bonds. The van der Waals surface area contributed by atoms with Crippen LogP contribution < -0.4 is 5.73 Å². The Morgan fingerprint density at radius 1 is 1.33 bits per heavy atom. The van der Waals surface area contributed by atoms with Crippen molar-refractivity contribution < 1.29 is 9.90 Å². The molecule has 1 saturated carbocycles. The third-order valence-electron chi connectivity index (χ3n) is 3.86. The molecule has 0 aromatic heterocycles. The van der Waals surface area contributed by atoms with Crippen molar-refractivity contribution in [1.29, 1.82) is 0 Å². The molecule has 4 nitrogen and oxygen atoms in total. The van der Waals surface area contributed by atoms with Crippen LogP contribution in [0.3, 0.4) is 0 Å². The van der Waals surface area contributed by atoms with Crippen molar-refractivity contribution in [2.45, 2.75) is 57.4 Å². The number of hydrogen-bond donors (Lipinski definition) is 2. The highest BCUT2D eigenvalue weighted by molar-refractivity contribution is 5.76. The Labute approximate surface area is 111 Å². The summed E-state index contributed by atoms with van der Waals surface area (Å²) in [4.78, 5) is 13.8. The molecule has 0 bridgehead atoms. The largest absolute Gasteiger partial charge is 0.396 e. The van der Waals surface area contributed by atoms with Gasteiger partial charge in [-0.25, -0.2) is 0 Å². The number of carbonyl (C=O) groups is 1. The highest BCUT2D eigenvalue weighted by atomic mass is 16.2. The number of aliphatic hydroxyl groups excluding tert-OH is 1. The number of rotatable bonds is 7. The van der Waals surface area contributed by atoms with E-state index in [2.05, 4.69) is 0 Å². The van der Waals surface area contributed by atoms with Crippen molar-refractivity contribution in [1.82, 2.24) is 4.90 Å². The monoisotopic (exact) mass is 256 g/mol. The normalized spacial score (nSPS) is 23.9. The van der Waals surface area contributed by atoms with Crippen LogP contribution in [0, 0.1) is 5.92 Å². The lowest BCUT2D eigenvalue weighted by atomic mass is 9.84. The Morgan fingerprint density at radius 2 is 2.11 bits per heavy atom. The molecule has 2 atom stereocenters. The van der Waals surface area contributed by atoms with Crippen LogP contribution in [0.15, 0.2) is 0 Å². The van der Waals surface area contributed by atoms with Crippen LogP contribution in [0.4, 0.5) is 0 Å². The Balaban J connectivity index is 2.18. The summed E-state index contributed by atoms with van der Waals surface area (Å²) in [6, 6.07) is 0.298. The fourth-order valence-corrected chi connectivity index (χ4v) is 2.68. The first-order chi connectivity index (χ1) is 8.63. The van der Waals surface area contributed by atoms with Crippen LogP contribution >= 0.6 is 0 Å². The highest BCUT2D eigenvalue weighted by Crippen LogP contribution is 2.26. The molecular weight excluding hydrogens is 228 g/mol. The van der Waals surface area contributed by atoms with Crippen LogP contribution in [0.5, 0.6) is 0 Å². The molecule has 0 aromatic carbocycles. The van der Waals surface area contributed by atoms with E-state index in [-0.39, 0.29) is 12.5 Å². The molecule has 0 heterocycles. The summed E-state index contributed by atoms with van der Waals surface area (Å²) in [5.74, 6) is 0.735. The number of nitrogens with two attached hydrogens (primary N) is 1. The van der Waals surface area contributed by atoms with Gasteiger partial charge >= 0.3 is 0 Å². The van der Waals surface area contributed by atoms with Crippen LogP contribution in [-0.2, 0) is 4.79 Å². The first-order valence-electron chi connectivity index (χ1n) is 7.24. The van der Waals surface area contributed by atoms with Crippen LogP contribution in [0.1, 0.15) is 51.4 Å². The minimum Gasteiger partial charge on any atom is -0.396 e. The van der Waals surface area contributed by atoms with Gasteiger partial charge in [0, 0.05) is 32.7 Å². The first kappa shape index (κ1) is 15.4. The van der Waals surface area contributed by atoms with E-state index in [4.69, 9.17) is 10.8 Å². The van der Waals surface area contributed by atoms with E-state index in [1.165, 1.54) is 6.42 Å². The molecule has 0 radical (unpaired) electrons. The van der Waals surface area contributed by atoms with E-state index in [0.29, 0.717) is 18.4 Å². The fourth-order valence-electron chi connectivity index (χ4n) is 2.68. The number of carbonyl (C=O) groups excluding carboxylic acids is 1. The molecule has 1 aliphatic rings. The average molecular weight is 256 g/mol. The molecule has 0 saturated heterocycles. The predicted octanol–water partition coefficient (Wildman–Crippen LogP) is 1.51. The maximum Gasteiger partial charge on any atom is 0.222 e. The van der Waals surface area contributed by atoms with Crippen molar-refractivity contribution in [3.63, 3.8) is 0 Å². The van der Waals surface area contributed by atoms with E-state index < -0.39 is 0 Å². The van der Waals surface area contributed by atoms with Crippen molar-refractivity contribution >= 4 is 5.91 Å². The van der Waals surface area contributed by atoms with Gasteiger partial charge in [0.05, 0.1) is 0 Å². The van der Waals surface area contributed by atoms with Gasteiger partial charge in [-0.15, -0.1) is 0 Å². The van der Waals surface area contributed by atoms with Crippen LogP contribution in [0.2, 0.25) is 0 Å². The Morgan fingerprint density at radius 3 is 2.78 bits per heavy atom. The van der Waals surface area contributed by atoms with E-state index in [1.54, 1.807) is 0 Å². The summed E-state index contributed by atoms with van der Waals surface area (Å²) in [6.45, 7) is 1.05. The second-order valence-electron chi connectivity index (χ2n) is 5.60. The maximum absolute atomic E-state index is 12.0. The van der Waals surface area contributed by atoms with Gasteiger partial charge in [0.2, 0.25) is 5.91 Å². The van der Waals surface area contributed by atoms with E-state index in [0.717, 1.165) is 45.1 Å². The number of aliphatic hydroxyl groups is 1. The number of hydrogen-bond acceptors (Lipinski definition) is 3. The van der Waals surface area contributed by atoms with E-state index in [9.17, 15) is 4.79 Å². The number of amides is 1. The van der Waals surface area contributed by atoms with Gasteiger partial charge in [-0.1, -0.05) is 6.42 Å². The number of unbranched alkanes of at least 4 members (excludes halogenated alkanes) is 2. The lowest BCUT2D eigenvalue weighted by molar-refractivity contribution is -0.131. The van der Waals surface area contributed by atoms with Crippen molar-refractivity contribution in [3.05, 3.63) is 0 Å². The standard InChI is InChI=1S/C14H28N2O2/c1-16(8-3-2-4-9-17)14(18)11-12-6-5-7-13(15)10-12/h12-13,17H,2-11,15H2,1H3. The Bertz CT molecular complexity index is 246. The molecule has 106 valence electrons. The molecule has 4 heteroatoms. The molecule has 1 fully saturated rings. The van der Waals surface area contributed by atoms with Crippen LogP contribution in [0.25, 0.3) is 0 Å². The molecule has 1 aliphatic carbocycles. The lowest BCUT2D eigenvalue weighted by Gasteiger charge is -2.27. The van der Waals surface area contributed by atoms with Crippen LogP contribution in [-0.4, -0.2) is 42.2 Å². The zero-order chi connectivity index (χ0) is 13.4. The van der Waals surface area contributed by atoms with Gasteiger partial charge in [-0.2, -0.15) is 0 Å². The molecule has 3 N–H and O–H groups in total. The molecular formula is C14H28N2O2. The molecule has 2 unspecified atom stereocenters. The summed E-state index contributed by atoms with van der Waals surface area (Å²) < 4.78 is 0. The Hall–Kier alpha value is -0.610. The zero-order valence-electron chi connectivity index (χ0n) is 11.6. The van der Waals surface area contributed by atoms with Crippen molar-refractivity contribution in [2.75, 3.05) is 20.2 Å². The molecule has 0 aromatic rings. The average Bonchev–Trinajstić information content (AvgIpc) is 2.34. The molecule has 0 aliphatic heterocycles. The van der Waals surface area contributed by atoms with Crippen molar-refractivity contribution in [2.24, 2.45) is 11.7 Å². The minimum atomic E-state index is 0.248. The Kier molecular flexibility index (Phi) is 7.28. The summed E-state index contributed by atoms with van der Waals surface area (Å²) in [7, 11) is 1.88. The topological polar surface area (TPSA) is 66.6 Å². The third-order valence-corrected chi connectivity index (χ3v) is 3.86. The van der Waals surface area contributed by atoms with E-state index in [1.807, 2.05) is 11.9 Å². The predicted molar refractivity (Wildman–Crippen MR) is 73.1 cm³/mol. The van der Waals surface area contributed by atoms with Gasteiger partial charge < -0.3 is 15.7 Å². The van der Waals surface area contributed by atoms with Gasteiger partial charge in [0.25, 0.3) is 0 Å². The second-order valence-corrected chi connectivity index (χ2v) is 5.60. The molecule has 1 rings (SSSR count). The minimum absolute atomic E-state index is 0.248. The first-order valence-corrected chi connectivity index (χ1v) is 7.24. The maximum atomic E-state index is 12.0. The second kappa shape index (κ2) is 8.48. The van der Waals surface area contributed by atoms with Gasteiger partial charge in [-0.05, 0) is 44.4 Å². The SMILES string of the molecule is CN(CCCCCO)C(=O)CC1CCCC(N)C1. The number of nitrogens with zero attached hydrogens (tertiary/aromatic N) is 1. The summed E-state index contributed by atoms with van der Waals surface area (Å²) in [5.41, 5.74) is 5.94. The lowest BCUT2D eigenvalue weighted by Crippen LogP contribution is -2.33. The third kappa shape index (κ3) is 5.83. The zero-order valence-corrected chi connectivity index (χ0v) is 11.6. The van der Waals surface area contributed by atoms with Crippen molar-refractivity contribution in [3.8, 4) is 0 Å². The van der Waals surface area contributed by atoms with Gasteiger partial charge in [-0.3, -0.25) is 4.79 Å². The van der Waals surface area contributed by atoms with Gasteiger partial charge in [0.1, 0.15) is 0 Å². The van der Waals surface area contributed by atoms with E-state index >= 15 is 0 Å². The fraction of sp³-hybridized carbons (Fsp3) is 0.929. The molecule has 0 spiro atoms. The molecule has 18 heavy (non-hydrogen) atoms. The summed E-state index contributed by atoms with van der Waals surface area (Å²) in [5, 5.41) is 8.69. The summed E-state index contributed by atoms with van der Waals surface area (Å²) in [6.07, 6.45) is 7.89. The quantitative estimate of drug-likeness (QED) is 0.679.